The number of pyridine rings is 1. The predicted octanol–water partition coefficient (Wildman–Crippen LogP) is 3.70. The van der Waals surface area contributed by atoms with Crippen molar-refractivity contribution in [2.24, 2.45) is 0 Å². The minimum absolute atomic E-state index is 0.148. The standard InChI is InChI=1S/C29H27ClN8O4S/c30-18-1-3-24(37-16-32-34-35-37)21(13-18)17-11-19-2-4-25(38(19)26(39)12-17)28-31-14-23(33-28)22-15-43-27(29(40)41)20(22)5-6-36-7-9-42-10-8-36/h1,3,11-16,25H,2,4-10H2,(H,31,33)(H,40,41)/t25-/m0/s1. The number of rotatable bonds is 8. The van der Waals surface area contributed by atoms with Crippen molar-refractivity contribution in [3.8, 4) is 28.1 Å². The molecule has 12 nitrogen and oxygen atoms in total. The van der Waals surface area contributed by atoms with Crippen LogP contribution in [0, 0.1) is 0 Å². The summed E-state index contributed by atoms with van der Waals surface area (Å²) in [4.78, 5) is 36.3. The van der Waals surface area contributed by atoms with Crippen LogP contribution < -0.4 is 5.56 Å². The second-order valence-corrected chi connectivity index (χ2v) is 11.9. The van der Waals surface area contributed by atoms with E-state index in [1.165, 1.54) is 17.7 Å². The minimum Gasteiger partial charge on any atom is -0.477 e. The summed E-state index contributed by atoms with van der Waals surface area (Å²) < 4.78 is 8.77. The average Bonchev–Trinajstić information content (AvgIpc) is 3.82. The molecule has 0 radical (unpaired) electrons. The van der Waals surface area contributed by atoms with Gasteiger partial charge in [-0.3, -0.25) is 9.69 Å². The number of benzene rings is 1. The molecular formula is C29H27ClN8O4S. The molecule has 2 aliphatic heterocycles. The number of carboxylic acid groups (broad SMARTS) is 1. The molecule has 43 heavy (non-hydrogen) atoms. The number of thiophene rings is 1. The number of H-pyrrole nitrogens is 1. The van der Waals surface area contributed by atoms with Crippen LogP contribution in [-0.2, 0) is 17.6 Å². The molecule has 1 atom stereocenters. The topological polar surface area (TPSA) is 144 Å². The zero-order chi connectivity index (χ0) is 29.5. The zero-order valence-corrected chi connectivity index (χ0v) is 24.5. The Kier molecular flexibility index (Phi) is 7.39. The molecular weight excluding hydrogens is 592 g/mol. The van der Waals surface area contributed by atoms with E-state index in [-0.39, 0.29) is 11.6 Å². The van der Waals surface area contributed by atoms with Crippen LogP contribution in [0.3, 0.4) is 0 Å². The number of fused-ring (bicyclic) bond motifs is 1. The third kappa shape index (κ3) is 5.29. The van der Waals surface area contributed by atoms with Crippen molar-refractivity contribution in [2.45, 2.75) is 25.3 Å². The molecule has 2 N–H and O–H groups in total. The second kappa shape index (κ2) is 11.5. The Morgan fingerprint density at radius 3 is 2.84 bits per heavy atom. The van der Waals surface area contributed by atoms with Crippen molar-refractivity contribution < 1.29 is 14.6 Å². The van der Waals surface area contributed by atoms with Gasteiger partial charge >= 0.3 is 5.97 Å². The number of ether oxygens (including phenoxy) is 1. The lowest BCUT2D eigenvalue weighted by atomic mass is 10.0. The molecule has 4 aromatic heterocycles. The van der Waals surface area contributed by atoms with Crippen molar-refractivity contribution in [2.75, 3.05) is 32.8 Å². The summed E-state index contributed by atoms with van der Waals surface area (Å²) >= 11 is 7.56. The van der Waals surface area contributed by atoms with Gasteiger partial charge < -0.3 is 19.4 Å². The summed E-state index contributed by atoms with van der Waals surface area (Å²) in [6, 6.07) is 8.73. The van der Waals surface area contributed by atoms with E-state index in [1.807, 2.05) is 17.5 Å². The highest BCUT2D eigenvalue weighted by molar-refractivity contribution is 7.12. The lowest BCUT2D eigenvalue weighted by molar-refractivity contribution is 0.0384. The third-order valence-electron chi connectivity index (χ3n) is 8.07. The quantitative estimate of drug-likeness (QED) is 0.266. The molecule has 0 spiro atoms. The number of morpholine rings is 1. The van der Waals surface area contributed by atoms with Gasteiger partial charge in [0.25, 0.3) is 5.56 Å². The summed E-state index contributed by atoms with van der Waals surface area (Å²) in [7, 11) is 0. The number of carbonyl (C=O) groups is 1. The number of aromatic amines is 1. The van der Waals surface area contributed by atoms with Gasteiger partial charge in [0.15, 0.2) is 0 Å². The van der Waals surface area contributed by atoms with Gasteiger partial charge in [0.1, 0.15) is 17.0 Å². The minimum atomic E-state index is -0.928. The molecule has 0 aliphatic carbocycles. The van der Waals surface area contributed by atoms with E-state index >= 15 is 0 Å². The van der Waals surface area contributed by atoms with Gasteiger partial charge in [0.2, 0.25) is 0 Å². The van der Waals surface area contributed by atoms with Gasteiger partial charge in [-0.05, 0) is 65.1 Å². The molecule has 220 valence electrons. The van der Waals surface area contributed by atoms with E-state index < -0.39 is 5.97 Å². The first-order chi connectivity index (χ1) is 21.0. The fourth-order valence-electron chi connectivity index (χ4n) is 5.99. The smallest absolute Gasteiger partial charge is 0.346 e. The van der Waals surface area contributed by atoms with E-state index in [9.17, 15) is 14.7 Å². The third-order valence-corrected chi connectivity index (χ3v) is 9.32. The molecule has 5 aromatic rings. The summed E-state index contributed by atoms with van der Waals surface area (Å²) in [5, 5.41) is 23.8. The molecule has 0 bridgehead atoms. The number of hydrogen-bond acceptors (Lipinski definition) is 9. The van der Waals surface area contributed by atoms with Crippen molar-refractivity contribution in [1.29, 1.82) is 0 Å². The summed E-state index contributed by atoms with van der Waals surface area (Å²) in [5.74, 6) is -0.258. The van der Waals surface area contributed by atoms with Gasteiger partial charge in [-0.1, -0.05) is 11.6 Å². The number of halogens is 1. The maximum atomic E-state index is 13.6. The molecule has 6 heterocycles. The maximum Gasteiger partial charge on any atom is 0.346 e. The Morgan fingerprint density at radius 2 is 2.05 bits per heavy atom. The van der Waals surface area contributed by atoms with Crippen LogP contribution in [0.1, 0.15) is 39.2 Å². The fraction of sp³-hybridized carbons (Fsp3) is 0.310. The maximum absolute atomic E-state index is 13.6. The van der Waals surface area contributed by atoms with Crippen LogP contribution in [0.25, 0.3) is 28.1 Å². The van der Waals surface area contributed by atoms with E-state index in [4.69, 9.17) is 16.3 Å². The normalized spacial score (nSPS) is 16.9. The molecule has 2 aliphatic rings. The fourth-order valence-corrected chi connectivity index (χ4v) is 7.13. The van der Waals surface area contributed by atoms with Crippen LogP contribution >= 0.6 is 22.9 Å². The highest BCUT2D eigenvalue weighted by atomic mass is 35.5. The van der Waals surface area contributed by atoms with Gasteiger partial charge in [0.05, 0.1) is 36.8 Å². The molecule has 1 saturated heterocycles. The Hall–Kier alpha value is -4.17. The van der Waals surface area contributed by atoms with Crippen LogP contribution in [-0.4, -0.2) is 83.6 Å². The van der Waals surface area contributed by atoms with E-state index in [0.29, 0.717) is 53.9 Å². The Balaban J connectivity index is 1.19. The molecule has 0 amide bonds. The van der Waals surface area contributed by atoms with Gasteiger partial charge in [-0.25, -0.2) is 9.78 Å². The van der Waals surface area contributed by atoms with Crippen molar-refractivity contribution in [1.82, 2.24) is 39.6 Å². The second-order valence-electron chi connectivity index (χ2n) is 10.6. The number of carboxylic acids is 1. The lowest BCUT2D eigenvalue weighted by Crippen LogP contribution is -2.37. The lowest BCUT2D eigenvalue weighted by Gasteiger charge is -2.26. The average molecular weight is 619 g/mol. The number of aromatic nitrogens is 7. The van der Waals surface area contributed by atoms with E-state index in [2.05, 4.69) is 30.4 Å². The molecule has 7 rings (SSSR count). The number of hydrogen-bond donors (Lipinski definition) is 2. The predicted molar refractivity (Wildman–Crippen MR) is 160 cm³/mol. The van der Waals surface area contributed by atoms with Crippen molar-refractivity contribution >= 4 is 28.9 Å². The number of aryl methyl sites for hydroxylation is 1. The highest BCUT2D eigenvalue weighted by Gasteiger charge is 2.29. The SMILES string of the molecule is O=C(O)c1scc(-c2cnc([C@@H]3CCc4cc(-c5cc(Cl)ccc5-n5cnnn5)cc(=O)n43)[nH]2)c1CCN1CCOCC1. The van der Waals surface area contributed by atoms with Crippen LogP contribution in [0.4, 0.5) is 0 Å². The van der Waals surface area contributed by atoms with Crippen LogP contribution in [0.2, 0.25) is 5.02 Å². The molecule has 1 fully saturated rings. The van der Waals surface area contributed by atoms with Crippen molar-refractivity contribution in [3.05, 3.63) is 85.6 Å². The van der Waals surface area contributed by atoms with Crippen LogP contribution in [0.5, 0.6) is 0 Å². The molecule has 14 heteroatoms. The first-order valence-corrected chi connectivity index (χ1v) is 15.2. The number of tetrazole rings is 1. The Bertz CT molecular complexity index is 1860. The summed E-state index contributed by atoms with van der Waals surface area (Å²) in [6.07, 6.45) is 5.24. The molecule has 0 saturated carbocycles. The van der Waals surface area contributed by atoms with Crippen LogP contribution in [0.15, 0.2) is 53.0 Å². The Labute approximate surface area is 254 Å². The van der Waals surface area contributed by atoms with Gasteiger partial charge in [-0.15, -0.1) is 16.4 Å². The first-order valence-electron chi connectivity index (χ1n) is 13.9. The number of nitrogens with one attached hydrogen (secondary N) is 1. The summed E-state index contributed by atoms with van der Waals surface area (Å²) in [5.41, 5.74) is 5.33. The monoisotopic (exact) mass is 618 g/mol. The first kappa shape index (κ1) is 27.7. The van der Waals surface area contributed by atoms with Gasteiger partial charge in [-0.2, -0.15) is 4.68 Å². The largest absolute Gasteiger partial charge is 0.477 e. The highest BCUT2D eigenvalue weighted by Crippen LogP contribution is 2.36. The molecule has 1 aromatic carbocycles. The molecule has 0 unspecified atom stereocenters. The summed E-state index contributed by atoms with van der Waals surface area (Å²) in [6.45, 7) is 3.81. The number of imidazole rings is 1. The van der Waals surface area contributed by atoms with Gasteiger partial charge in [0, 0.05) is 52.9 Å². The number of nitrogens with zero attached hydrogens (tertiary/aromatic N) is 7. The number of aromatic carboxylic acids is 1. The Morgan fingerprint density at radius 1 is 1.19 bits per heavy atom. The van der Waals surface area contributed by atoms with E-state index in [1.54, 1.807) is 33.6 Å². The van der Waals surface area contributed by atoms with E-state index in [0.717, 1.165) is 53.3 Å². The van der Waals surface area contributed by atoms with Crippen molar-refractivity contribution in [3.63, 3.8) is 0 Å². The zero-order valence-electron chi connectivity index (χ0n) is 22.9.